The van der Waals surface area contributed by atoms with Gasteiger partial charge in [-0.05, 0) is 19.2 Å². The molecule has 1 rings (SSSR count). The first-order valence-electron chi connectivity index (χ1n) is 6.04. The second-order valence-corrected chi connectivity index (χ2v) is 4.21. The molecule has 0 aliphatic rings. The van der Waals surface area contributed by atoms with Crippen molar-refractivity contribution in [2.75, 3.05) is 0 Å². The third-order valence-corrected chi connectivity index (χ3v) is 2.74. The number of ketones is 1. The van der Waals surface area contributed by atoms with Gasteiger partial charge in [0.25, 0.3) is 5.56 Å². The summed E-state index contributed by atoms with van der Waals surface area (Å²) < 4.78 is 0.924. The Bertz CT molecular complexity index is 542. The van der Waals surface area contributed by atoms with Crippen LogP contribution in [-0.4, -0.2) is 15.3 Å². The smallest absolute Gasteiger partial charge is 0.327 e. The Morgan fingerprint density at radius 2 is 1.94 bits per heavy atom. The van der Waals surface area contributed by atoms with Crippen molar-refractivity contribution in [1.29, 1.82) is 0 Å². The topological polar surface area (TPSA) is 95.0 Å². The summed E-state index contributed by atoms with van der Waals surface area (Å²) >= 11 is 0. The Balaban J connectivity index is 3.05. The summed E-state index contributed by atoms with van der Waals surface area (Å²) in [4.78, 5) is 36.0. The molecule has 0 saturated carbocycles. The number of carbonyl (C=O) groups is 1. The van der Waals surface area contributed by atoms with Crippen LogP contribution in [0.3, 0.4) is 0 Å². The molecule has 6 nitrogen and oxygen atoms in total. The summed E-state index contributed by atoms with van der Waals surface area (Å²) in [5, 5.41) is 11.8. The molecule has 0 aromatic carbocycles. The molecule has 1 aromatic rings. The van der Waals surface area contributed by atoms with E-state index >= 15 is 0 Å². The number of H-pyrrole nitrogens is 1. The standard InChI is InChI=1S/C12H18N2O4/c1-3-4-5-6-7-14-11(17)9(8(2)15)10(16)13-12(14)18/h17H,3-7H2,1-2H3,(H,13,16,18)/p-1. The number of rotatable bonds is 6. The monoisotopic (exact) mass is 253 g/mol. The van der Waals surface area contributed by atoms with Crippen LogP contribution < -0.4 is 16.4 Å². The lowest BCUT2D eigenvalue weighted by Crippen LogP contribution is -2.36. The van der Waals surface area contributed by atoms with E-state index in [4.69, 9.17) is 0 Å². The number of unbranched alkanes of at least 4 members (excludes halogenated alkanes) is 3. The van der Waals surface area contributed by atoms with Crippen molar-refractivity contribution in [2.24, 2.45) is 0 Å². The van der Waals surface area contributed by atoms with Gasteiger partial charge in [-0.15, -0.1) is 0 Å². The molecule has 0 saturated heterocycles. The van der Waals surface area contributed by atoms with Gasteiger partial charge >= 0.3 is 5.69 Å². The maximum Gasteiger partial charge on any atom is 0.327 e. The number of hydrogen-bond acceptors (Lipinski definition) is 4. The van der Waals surface area contributed by atoms with Gasteiger partial charge in [0.15, 0.2) is 5.78 Å². The number of hydrogen-bond donors (Lipinski definition) is 1. The fraction of sp³-hybridized carbons (Fsp3) is 0.583. The highest BCUT2D eigenvalue weighted by atomic mass is 16.3. The lowest BCUT2D eigenvalue weighted by atomic mass is 10.2. The Hall–Kier alpha value is -1.85. The molecule has 0 fully saturated rings. The minimum absolute atomic E-state index is 0.231. The van der Waals surface area contributed by atoms with Gasteiger partial charge in [0.05, 0.1) is 5.56 Å². The molecular weight excluding hydrogens is 236 g/mol. The molecular formula is C12H17N2O4-. The SMILES string of the molecule is CCCCCCn1c([O-])c(C(C)=O)c(=O)[nH]c1=O. The Labute approximate surface area is 104 Å². The number of Topliss-reactive ketones (excluding diaryl/α,β-unsaturated/α-hetero) is 1. The average molecular weight is 253 g/mol. The van der Waals surface area contributed by atoms with Gasteiger partial charge in [-0.2, -0.15) is 0 Å². The van der Waals surface area contributed by atoms with E-state index in [1.165, 1.54) is 0 Å². The van der Waals surface area contributed by atoms with Crippen LogP contribution in [-0.2, 0) is 6.54 Å². The molecule has 1 heterocycles. The Kier molecular flexibility index (Phi) is 4.88. The fourth-order valence-corrected chi connectivity index (χ4v) is 1.76. The maximum atomic E-state index is 11.8. The van der Waals surface area contributed by atoms with Gasteiger partial charge in [-0.3, -0.25) is 14.6 Å². The predicted octanol–water partition coefficient (Wildman–Crippen LogP) is 0.393. The van der Waals surface area contributed by atoms with Crippen LogP contribution in [0.2, 0.25) is 0 Å². The van der Waals surface area contributed by atoms with Crippen molar-refractivity contribution in [1.82, 2.24) is 9.55 Å². The number of nitrogens with zero attached hydrogens (tertiary/aromatic N) is 1. The molecule has 18 heavy (non-hydrogen) atoms. The van der Waals surface area contributed by atoms with Gasteiger partial charge in [-0.1, -0.05) is 26.2 Å². The number of nitrogens with one attached hydrogen (secondary N) is 1. The van der Waals surface area contributed by atoms with Crippen molar-refractivity contribution in [3.63, 3.8) is 0 Å². The molecule has 0 atom stereocenters. The van der Waals surface area contributed by atoms with Gasteiger partial charge in [-0.25, -0.2) is 4.79 Å². The summed E-state index contributed by atoms with van der Waals surface area (Å²) in [6.07, 6.45) is 3.64. The van der Waals surface area contributed by atoms with Crippen molar-refractivity contribution in [3.8, 4) is 5.88 Å². The first-order valence-corrected chi connectivity index (χ1v) is 6.04. The largest absolute Gasteiger partial charge is 0.859 e. The molecule has 1 N–H and O–H groups in total. The predicted molar refractivity (Wildman–Crippen MR) is 64.9 cm³/mol. The van der Waals surface area contributed by atoms with Crippen LogP contribution >= 0.6 is 0 Å². The molecule has 0 aliphatic carbocycles. The summed E-state index contributed by atoms with van der Waals surface area (Å²) in [6.45, 7) is 3.42. The van der Waals surface area contributed by atoms with Crippen molar-refractivity contribution in [3.05, 3.63) is 26.4 Å². The average Bonchev–Trinajstić information content (AvgIpc) is 2.26. The van der Waals surface area contributed by atoms with Crippen LogP contribution in [0.15, 0.2) is 9.59 Å². The zero-order chi connectivity index (χ0) is 13.7. The van der Waals surface area contributed by atoms with E-state index in [1.54, 1.807) is 0 Å². The van der Waals surface area contributed by atoms with Gasteiger partial charge in [0.1, 0.15) is 0 Å². The minimum atomic E-state index is -0.901. The van der Waals surface area contributed by atoms with Crippen molar-refractivity contribution in [2.45, 2.75) is 46.1 Å². The highest BCUT2D eigenvalue weighted by molar-refractivity contribution is 5.95. The van der Waals surface area contributed by atoms with E-state index in [0.717, 1.165) is 30.8 Å². The molecule has 0 amide bonds. The number of aromatic amines is 1. The molecule has 6 heteroatoms. The summed E-state index contributed by atoms with van der Waals surface area (Å²) in [5.74, 6) is -1.41. The van der Waals surface area contributed by atoms with Gasteiger partial charge in [0, 0.05) is 6.54 Å². The second kappa shape index (κ2) is 6.18. The molecule has 0 aliphatic heterocycles. The number of aromatic nitrogens is 2. The zero-order valence-electron chi connectivity index (χ0n) is 10.6. The van der Waals surface area contributed by atoms with E-state index in [-0.39, 0.29) is 6.54 Å². The zero-order valence-corrected chi connectivity index (χ0v) is 10.6. The molecule has 100 valence electrons. The van der Waals surface area contributed by atoms with Gasteiger partial charge < -0.3 is 9.67 Å². The van der Waals surface area contributed by atoms with Crippen LogP contribution in [0.5, 0.6) is 5.88 Å². The van der Waals surface area contributed by atoms with Crippen LogP contribution in [0.25, 0.3) is 0 Å². The van der Waals surface area contributed by atoms with E-state index in [9.17, 15) is 19.5 Å². The summed E-state index contributed by atoms with van der Waals surface area (Å²) in [6, 6.07) is 0. The normalized spacial score (nSPS) is 10.6. The fourth-order valence-electron chi connectivity index (χ4n) is 1.76. The highest BCUT2D eigenvalue weighted by Crippen LogP contribution is 2.09. The van der Waals surface area contributed by atoms with Crippen LogP contribution in [0.1, 0.15) is 49.9 Å². The van der Waals surface area contributed by atoms with E-state index in [2.05, 4.69) is 6.92 Å². The molecule has 0 bridgehead atoms. The van der Waals surface area contributed by atoms with E-state index < -0.39 is 28.5 Å². The third kappa shape index (κ3) is 3.09. The van der Waals surface area contributed by atoms with Crippen LogP contribution in [0.4, 0.5) is 0 Å². The second-order valence-electron chi connectivity index (χ2n) is 4.21. The Morgan fingerprint density at radius 3 is 2.50 bits per heavy atom. The number of carbonyl (C=O) groups excluding carboxylic acids is 1. The first kappa shape index (κ1) is 14.2. The van der Waals surface area contributed by atoms with E-state index in [0.29, 0.717) is 6.42 Å². The highest BCUT2D eigenvalue weighted by Gasteiger charge is 2.11. The lowest BCUT2D eigenvalue weighted by molar-refractivity contribution is -0.280. The molecule has 0 radical (unpaired) electrons. The Morgan fingerprint density at radius 1 is 1.28 bits per heavy atom. The van der Waals surface area contributed by atoms with E-state index in [1.807, 2.05) is 4.98 Å². The molecule has 0 spiro atoms. The van der Waals surface area contributed by atoms with Crippen LogP contribution in [0, 0.1) is 0 Å². The van der Waals surface area contributed by atoms with Gasteiger partial charge in [0.2, 0.25) is 0 Å². The molecule has 0 unspecified atom stereocenters. The van der Waals surface area contributed by atoms with Crippen molar-refractivity contribution >= 4 is 5.78 Å². The quantitative estimate of drug-likeness (QED) is 0.586. The first-order chi connectivity index (χ1) is 8.49. The maximum absolute atomic E-state index is 11.8. The third-order valence-electron chi connectivity index (χ3n) is 2.74. The minimum Gasteiger partial charge on any atom is -0.859 e. The summed E-state index contributed by atoms with van der Waals surface area (Å²) in [5.41, 5.74) is -2.11. The van der Waals surface area contributed by atoms with Crippen molar-refractivity contribution < 1.29 is 9.90 Å². The lowest BCUT2D eigenvalue weighted by Gasteiger charge is -2.18. The molecule has 1 aromatic heterocycles. The summed E-state index contributed by atoms with van der Waals surface area (Å²) in [7, 11) is 0.